The molecule has 2 N–H and O–H groups in total. The summed E-state index contributed by atoms with van der Waals surface area (Å²) in [6.45, 7) is 3.34. The minimum atomic E-state index is 0.285. The van der Waals surface area contributed by atoms with Crippen LogP contribution in [0.5, 0.6) is 0 Å². The summed E-state index contributed by atoms with van der Waals surface area (Å²) in [5, 5.41) is 11.6. The first-order valence-corrected chi connectivity index (χ1v) is 5.30. The van der Waals surface area contributed by atoms with Gasteiger partial charge in [-0.15, -0.1) is 0 Å². The van der Waals surface area contributed by atoms with E-state index in [9.17, 15) is 0 Å². The Balaban J connectivity index is 1.89. The fourth-order valence-electron chi connectivity index (χ4n) is 0.581. The molecule has 0 aromatic carbocycles. The second-order valence-corrected chi connectivity index (χ2v) is 5.91. The first kappa shape index (κ1) is 6.77. The molecule has 0 aliphatic carbocycles. The van der Waals surface area contributed by atoms with Gasteiger partial charge in [-0.1, -0.05) is 0 Å². The maximum atomic E-state index is 8.38. The summed E-state index contributed by atoms with van der Waals surface area (Å²) in [6.07, 6.45) is 0. The van der Waals surface area contributed by atoms with Gasteiger partial charge in [0.1, 0.15) is 0 Å². The number of hydrogen-bond acceptors (Lipinski definition) is 2. The number of halogens is 1. The first-order chi connectivity index (χ1) is 3.84. The Morgan fingerprint density at radius 1 is 1.75 bits per heavy atom. The van der Waals surface area contributed by atoms with Crippen molar-refractivity contribution in [3.05, 3.63) is 0 Å². The fourth-order valence-corrected chi connectivity index (χ4v) is 2.38. The van der Waals surface area contributed by atoms with Crippen LogP contribution in [0.3, 0.4) is 0 Å². The van der Waals surface area contributed by atoms with Crippen molar-refractivity contribution in [2.24, 2.45) is 0 Å². The van der Waals surface area contributed by atoms with Crippen LogP contribution >= 0.6 is 0 Å². The monoisotopic (exact) mass is 228 g/mol. The molecule has 0 saturated carbocycles. The molecule has 1 saturated heterocycles. The third kappa shape index (κ3) is 1.87. The van der Waals surface area contributed by atoms with E-state index >= 15 is 0 Å². The van der Waals surface area contributed by atoms with Crippen LogP contribution in [-0.4, -0.2) is 26.2 Å². The predicted octanol–water partition coefficient (Wildman–Crippen LogP) is -3.61. The number of hydrogen-bond donors (Lipinski definition) is 2. The normalized spacial score (nSPS) is 36.2. The second kappa shape index (κ2) is 2.98. The number of aliphatic hydroxyl groups excluding tert-OH is 1. The fraction of sp³-hybridized carbons (Fsp3) is 1.00. The molecule has 2 atom stereocenters. The number of alkyl halides is 2. The van der Waals surface area contributed by atoms with Crippen molar-refractivity contribution in [1.82, 2.24) is 5.32 Å². The third-order valence-corrected chi connectivity index (χ3v) is 4.44. The van der Waals surface area contributed by atoms with Gasteiger partial charge in [-0.05, 0) is 0 Å². The zero-order chi connectivity index (χ0) is 5.98. The Hall–Kier alpha value is 0.650. The Kier molecular flexibility index (Phi) is 2.52. The van der Waals surface area contributed by atoms with Crippen molar-refractivity contribution in [2.75, 3.05) is 13.2 Å². The first-order valence-electron chi connectivity index (χ1n) is 2.81. The molecule has 50 valence electrons. The Bertz CT molecular complexity index is 78.8. The van der Waals surface area contributed by atoms with Crippen molar-refractivity contribution in [2.45, 2.75) is 14.9 Å². The molecular weight excluding hydrogens is 217 g/mol. The van der Waals surface area contributed by atoms with Crippen molar-refractivity contribution in [3.63, 3.8) is 0 Å². The van der Waals surface area contributed by atoms with Gasteiger partial charge in [0.05, 0.1) is 0 Å². The molecule has 1 aliphatic heterocycles. The molecule has 0 radical (unpaired) electrons. The van der Waals surface area contributed by atoms with Gasteiger partial charge in [0.25, 0.3) is 0 Å². The standard InChI is InChI=1S/C5H11INO/c1-4-5(6-4)7-2-3-8/h4-5,7-8H,2-3H2,1H3/q-1/t4-,5?/m1/s1. The number of rotatable bonds is 3. The van der Waals surface area contributed by atoms with E-state index in [1.165, 1.54) is 0 Å². The van der Waals surface area contributed by atoms with E-state index < -0.39 is 0 Å². The minimum absolute atomic E-state index is 0.285. The average molecular weight is 228 g/mol. The molecule has 2 nitrogen and oxygen atoms in total. The molecule has 3 heteroatoms. The summed E-state index contributed by atoms with van der Waals surface area (Å²) in [7, 11) is 0. The Labute approximate surface area is 59.9 Å². The van der Waals surface area contributed by atoms with Gasteiger partial charge >= 0.3 is 59.7 Å². The van der Waals surface area contributed by atoms with Gasteiger partial charge in [-0.3, -0.25) is 0 Å². The summed E-state index contributed by atoms with van der Waals surface area (Å²) in [5.74, 6) is 0. The van der Waals surface area contributed by atoms with Crippen molar-refractivity contribution >= 4 is 0 Å². The zero-order valence-corrected chi connectivity index (χ0v) is 7.05. The molecule has 1 heterocycles. The molecule has 8 heavy (non-hydrogen) atoms. The quantitative estimate of drug-likeness (QED) is 0.297. The van der Waals surface area contributed by atoms with Crippen LogP contribution in [0.25, 0.3) is 0 Å². The molecule has 1 aliphatic rings. The van der Waals surface area contributed by atoms with Crippen LogP contribution < -0.4 is 26.5 Å². The number of nitrogens with one attached hydrogen (secondary N) is 1. The van der Waals surface area contributed by atoms with Gasteiger partial charge in [0.2, 0.25) is 0 Å². The number of aliphatic hydroxyl groups is 1. The molecule has 0 aromatic rings. The predicted molar refractivity (Wildman–Crippen MR) is 28.3 cm³/mol. The van der Waals surface area contributed by atoms with Crippen LogP contribution in [0.4, 0.5) is 0 Å². The van der Waals surface area contributed by atoms with Gasteiger partial charge in [0, 0.05) is 0 Å². The van der Waals surface area contributed by atoms with E-state index in [-0.39, 0.29) is 6.61 Å². The van der Waals surface area contributed by atoms with E-state index in [0.717, 1.165) is 14.5 Å². The third-order valence-electron chi connectivity index (χ3n) is 1.12. The Morgan fingerprint density at radius 2 is 2.38 bits per heavy atom. The Morgan fingerprint density at radius 3 is 2.75 bits per heavy atom. The van der Waals surface area contributed by atoms with Gasteiger partial charge in [-0.25, -0.2) is 0 Å². The molecule has 0 spiro atoms. The molecule has 1 rings (SSSR count). The summed E-state index contributed by atoms with van der Waals surface area (Å²) < 4.78 is 1.78. The van der Waals surface area contributed by atoms with Crippen LogP contribution in [-0.2, 0) is 0 Å². The van der Waals surface area contributed by atoms with E-state index in [1.54, 1.807) is 0 Å². The van der Waals surface area contributed by atoms with E-state index in [1.807, 2.05) is 0 Å². The van der Waals surface area contributed by atoms with Crippen molar-refractivity contribution < 1.29 is 26.3 Å². The molecule has 0 aromatic heterocycles. The van der Waals surface area contributed by atoms with Crippen molar-refractivity contribution in [1.29, 1.82) is 0 Å². The van der Waals surface area contributed by atoms with Crippen LogP contribution in [0.1, 0.15) is 6.92 Å². The molecular formula is C5H11INO-. The van der Waals surface area contributed by atoms with Crippen LogP contribution in [0.2, 0.25) is 0 Å². The van der Waals surface area contributed by atoms with E-state index in [0.29, 0.717) is 21.2 Å². The van der Waals surface area contributed by atoms with Gasteiger partial charge in [0.15, 0.2) is 0 Å². The zero-order valence-electron chi connectivity index (χ0n) is 4.89. The maximum absolute atomic E-state index is 8.38. The van der Waals surface area contributed by atoms with E-state index in [2.05, 4.69) is 12.2 Å². The SMILES string of the molecule is C[C@H]1[I-]C1NCCO. The van der Waals surface area contributed by atoms with Crippen LogP contribution in [0.15, 0.2) is 0 Å². The van der Waals surface area contributed by atoms with Gasteiger partial charge < -0.3 is 0 Å². The van der Waals surface area contributed by atoms with Crippen molar-refractivity contribution in [3.8, 4) is 0 Å². The topological polar surface area (TPSA) is 32.3 Å². The van der Waals surface area contributed by atoms with Crippen LogP contribution in [0, 0.1) is 0 Å². The molecule has 1 unspecified atom stereocenters. The summed E-state index contributed by atoms with van der Waals surface area (Å²) in [6, 6.07) is 0. The summed E-state index contributed by atoms with van der Waals surface area (Å²) in [5.41, 5.74) is 0. The summed E-state index contributed by atoms with van der Waals surface area (Å²) >= 11 is 0.477. The molecule has 1 fully saturated rings. The second-order valence-electron chi connectivity index (χ2n) is 1.88. The van der Waals surface area contributed by atoms with E-state index in [4.69, 9.17) is 5.11 Å². The average Bonchev–Trinajstić information content (AvgIpc) is 2.42. The van der Waals surface area contributed by atoms with Gasteiger partial charge in [-0.2, -0.15) is 0 Å². The summed E-state index contributed by atoms with van der Waals surface area (Å²) in [4.78, 5) is 0. The molecule has 0 amide bonds. The molecule has 0 bridgehead atoms.